The third-order valence-corrected chi connectivity index (χ3v) is 5.12. The average molecular weight is 388 g/mol. The molecule has 4 rings (SSSR count). The first kappa shape index (κ1) is 18.9. The largest absolute Gasteiger partial charge is 0.391 e. The molecule has 3 aromatic rings. The second-order valence-electron chi connectivity index (χ2n) is 8.14. The first-order valence-electron chi connectivity index (χ1n) is 9.63. The van der Waals surface area contributed by atoms with Crippen molar-refractivity contribution in [2.24, 2.45) is 16.3 Å². The summed E-state index contributed by atoms with van der Waals surface area (Å²) in [5.74, 6) is -0.440. The molecule has 0 unspecified atom stereocenters. The molecule has 1 heterocycles. The van der Waals surface area contributed by atoms with Gasteiger partial charge in [0, 0.05) is 11.1 Å². The highest BCUT2D eigenvalue weighted by Gasteiger charge is 2.33. The molecule has 148 valence electrons. The van der Waals surface area contributed by atoms with E-state index in [4.69, 9.17) is 10.6 Å². The van der Waals surface area contributed by atoms with E-state index < -0.39 is 5.91 Å². The van der Waals surface area contributed by atoms with Crippen molar-refractivity contribution in [3.63, 3.8) is 0 Å². The predicted molar refractivity (Wildman–Crippen MR) is 112 cm³/mol. The van der Waals surface area contributed by atoms with Crippen molar-refractivity contribution >= 4 is 11.6 Å². The highest BCUT2D eigenvalue weighted by Crippen LogP contribution is 2.36. The summed E-state index contributed by atoms with van der Waals surface area (Å²) >= 11 is 0. The molecular weight excluding hydrogens is 364 g/mol. The Balaban J connectivity index is 1.63. The lowest BCUT2D eigenvalue weighted by Crippen LogP contribution is -2.28. The van der Waals surface area contributed by atoms with Crippen LogP contribution in [0.25, 0.3) is 5.69 Å². The molecule has 1 aliphatic carbocycles. The van der Waals surface area contributed by atoms with Crippen molar-refractivity contribution in [1.82, 2.24) is 9.78 Å². The molecule has 0 aliphatic heterocycles. The van der Waals surface area contributed by atoms with Gasteiger partial charge in [-0.15, -0.1) is 0 Å². The maximum absolute atomic E-state index is 11.3. The van der Waals surface area contributed by atoms with E-state index in [1.807, 2.05) is 53.3 Å². The Morgan fingerprint density at radius 1 is 1.14 bits per heavy atom. The summed E-state index contributed by atoms with van der Waals surface area (Å²) in [5.41, 5.74) is 10.8. The number of carbonyl (C=O) groups is 1. The SMILES string of the molecule is CC1(C)C/C(=N/OCc2ccccc2)c2cnn(-c3ccc(C(N)=O)cc3)c2C1. The summed E-state index contributed by atoms with van der Waals surface area (Å²) in [7, 11) is 0. The van der Waals surface area contributed by atoms with Crippen molar-refractivity contribution in [3.05, 3.63) is 83.2 Å². The van der Waals surface area contributed by atoms with Gasteiger partial charge in [-0.3, -0.25) is 4.79 Å². The lowest BCUT2D eigenvalue weighted by atomic mass is 9.76. The number of nitrogens with zero attached hydrogens (tertiary/aromatic N) is 3. The summed E-state index contributed by atoms with van der Waals surface area (Å²) in [6, 6.07) is 17.2. The molecule has 6 heteroatoms. The standard InChI is InChI=1S/C23H24N4O2/c1-23(2)12-20(26-29-15-16-6-4-3-5-7-16)19-14-25-27(21(19)13-23)18-10-8-17(9-11-18)22(24)28/h3-11,14H,12-13,15H2,1-2H3,(H2,24,28)/b26-20-. The molecule has 1 aliphatic rings. The topological polar surface area (TPSA) is 82.5 Å². The van der Waals surface area contributed by atoms with E-state index >= 15 is 0 Å². The minimum absolute atomic E-state index is 0.0346. The first-order chi connectivity index (χ1) is 13.9. The van der Waals surface area contributed by atoms with Gasteiger partial charge >= 0.3 is 0 Å². The molecule has 0 saturated carbocycles. The lowest BCUT2D eigenvalue weighted by molar-refractivity contribution is 0.100. The van der Waals surface area contributed by atoms with Gasteiger partial charge in [-0.1, -0.05) is 49.3 Å². The summed E-state index contributed by atoms with van der Waals surface area (Å²) in [5, 5.41) is 9.05. The zero-order valence-corrected chi connectivity index (χ0v) is 16.6. The van der Waals surface area contributed by atoms with Gasteiger partial charge in [0.1, 0.15) is 6.61 Å². The van der Waals surface area contributed by atoms with Crippen molar-refractivity contribution < 1.29 is 9.63 Å². The molecule has 0 atom stereocenters. The number of nitrogens with two attached hydrogens (primary N) is 1. The molecule has 0 saturated heterocycles. The van der Waals surface area contributed by atoms with Gasteiger partial charge < -0.3 is 10.6 Å². The molecule has 2 N–H and O–H groups in total. The number of amides is 1. The molecule has 0 fully saturated rings. The minimum Gasteiger partial charge on any atom is -0.391 e. The van der Waals surface area contributed by atoms with E-state index in [-0.39, 0.29) is 5.41 Å². The van der Waals surface area contributed by atoms with E-state index in [2.05, 4.69) is 24.1 Å². The van der Waals surface area contributed by atoms with Crippen LogP contribution in [0.15, 0.2) is 65.9 Å². The number of oxime groups is 1. The number of hydrogen-bond donors (Lipinski definition) is 1. The Kier molecular flexibility index (Phi) is 4.92. The highest BCUT2D eigenvalue weighted by atomic mass is 16.6. The minimum atomic E-state index is -0.440. The van der Waals surface area contributed by atoms with Gasteiger partial charge in [0.2, 0.25) is 5.91 Å². The number of hydrogen-bond acceptors (Lipinski definition) is 4. The molecular formula is C23H24N4O2. The van der Waals surface area contributed by atoms with Crippen LogP contribution in [0.4, 0.5) is 0 Å². The second kappa shape index (κ2) is 7.54. The highest BCUT2D eigenvalue weighted by molar-refractivity contribution is 6.02. The average Bonchev–Trinajstić information content (AvgIpc) is 3.11. The fourth-order valence-corrected chi connectivity index (χ4v) is 3.68. The Hall–Kier alpha value is -3.41. The van der Waals surface area contributed by atoms with Crippen LogP contribution in [0.5, 0.6) is 0 Å². The number of rotatable bonds is 5. The molecule has 2 aromatic carbocycles. The van der Waals surface area contributed by atoms with Crippen LogP contribution in [-0.2, 0) is 17.9 Å². The van der Waals surface area contributed by atoms with Gasteiger partial charge in [0.05, 0.1) is 23.3 Å². The molecule has 0 bridgehead atoms. The number of benzene rings is 2. The van der Waals surface area contributed by atoms with Crippen molar-refractivity contribution in [2.75, 3.05) is 0 Å². The second-order valence-corrected chi connectivity index (χ2v) is 8.14. The molecule has 6 nitrogen and oxygen atoms in total. The smallest absolute Gasteiger partial charge is 0.248 e. The van der Waals surface area contributed by atoms with Gasteiger partial charge in [-0.05, 0) is 48.1 Å². The zero-order valence-electron chi connectivity index (χ0n) is 16.6. The number of aromatic nitrogens is 2. The van der Waals surface area contributed by atoms with Crippen LogP contribution in [0, 0.1) is 5.41 Å². The van der Waals surface area contributed by atoms with Crippen LogP contribution < -0.4 is 5.73 Å². The van der Waals surface area contributed by atoms with Gasteiger partial charge in [-0.25, -0.2) is 4.68 Å². The molecule has 29 heavy (non-hydrogen) atoms. The van der Waals surface area contributed by atoms with Crippen molar-refractivity contribution in [3.8, 4) is 5.69 Å². The Morgan fingerprint density at radius 2 is 1.86 bits per heavy atom. The third kappa shape index (κ3) is 4.06. The maximum atomic E-state index is 11.3. The number of carbonyl (C=O) groups excluding carboxylic acids is 1. The quantitative estimate of drug-likeness (QED) is 0.674. The van der Waals surface area contributed by atoms with Crippen LogP contribution >= 0.6 is 0 Å². The van der Waals surface area contributed by atoms with Gasteiger partial charge in [0.25, 0.3) is 0 Å². The fourth-order valence-electron chi connectivity index (χ4n) is 3.68. The van der Waals surface area contributed by atoms with Gasteiger partial charge in [-0.2, -0.15) is 5.10 Å². The van der Waals surface area contributed by atoms with E-state index in [1.165, 1.54) is 0 Å². The van der Waals surface area contributed by atoms with Crippen LogP contribution in [-0.4, -0.2) is 21.4 Å². The van der Waals surface area contributed by atoms with Gasteiger partial charge in [0.15, 0.2) is 0 Å². The normalized spacial score (nSPS) is 16.4. The van der Waals surface area contributed by atoms with E-state index in [0.29, 0.717) is 12.2 Å². The van der Waals surface area contributed by atoms with E-state index in [9.17, 15) is 4.79 Å². The Labute approximate surface area is 170 Å². The van der Waals surface area contributed by atoms with Crippen molar-refractivity contribution in [1.29, 1.82) is 0 Å². The molecule has 1 aromatic heterocycles. The lowest BCUT2D eigenvalue weighted by Gasteiger charge is -2.30. The van der Waals surface area contributed by atoms with Crippen molar-refractivity contribution in [2.45, 2.75) is 33.3 Å². The predicted octanol–water partition coefficient (Wildman–Crippen LogP) is 3.86. The number of fused-ring (bicyclic) bond motifs is 1. The van der Waals surface area contributed by atoms with E-state index in [1.54, 1.807) is 12.1 Å². The maximum Gasteiger partial charge on any atom is 0.248 e. The number of primary amides is 1. The van der Waals surface area contributed by atoms with Crippen LogP contribution in [0.3, 0.4) is 0 Å². The molecule has 0 spiro atoms. The summed E-state index contributed by atoms with van der Waals surface area (Å²) in [6.07, 6.45) is 3.54. The monoisotopic (exact) mass is 388 g/mol. The zero-order chi connectivity index (χ0) is 20.4. The summed E-state index contributed by atoms with van der Waals surface area (Å²) < 4.78 is 1.91. The third-order valence-electron chi connectivity index (χ3n) is 5.12. The summed E-state index contributed by atoms with van der Waals surface area (Å²) in [6.45, 7) is 4.87. The van der Waals surface area contributed by atoms with E-state index in [0.717, 1.165) is 41.1 Å². The molecule has 1 amide bonds. The Morgan fingerprint density at radius 3 is 2.55 bits per heavy atom. The fraction of sp³-hybridized carbons (Fsp3) is 0.261. The van der Waals surface area contributed by atoms with Crippen LogP contribution in [0.2, 0.25) is 0 Å². The summed E-state index contributed by atoms with van der Waals surface area (Å²) in [4.78, 5) is 17.0. The Bertz CT molecular complexity index is 1050. The van der Waals surface area contributed by atoms with Crippen LogP contribution in [0.1, 0.15) is 47.4 Å². The molecule has 0 radical (unpaired) electrons. The first-order valence-corrected chi connectivity index (χ1v) is 9.63.